The summed E-state index contributed by atoms with van der Waals surface area (Å²) in [6.45, 7) is 0. The molecule has 0 N–H and O–H groups in total. The molecule has 2 bridgehead atoms. The van der Waals surface area contributed by atoms with Gasteiger partial charge in [-0.25, -0.2) is 0 Å². The first-order valence-corrected chi connectivity index (χ1v) is 4.30. The first-order valence-electron chi connectivity index (χ1n) is 4.30. The van der Waals surface area contributed by atoms with Gasteiger partial charge in [-0.1, -0.05) is 31.7 Å². The van der Waals surface area contributed by atoms with Crippen LogP contribution in [0.25, 0.3) is 0 Å². The Hall–Kier alpha value is -0.520. The highest BCUT2D eigenvalue weighted by atomic mass is 14.5. The summed E-state index contributed by atoms with van der Waals surface area (Å²) in [7, 11) is 0. The summed E-state index contributed by atoms with van der Waals surface area (Å²) >= 11 is 0. The van der Waals surface area contributed by atoms with Crippen molar-refractivity contribution in [3.05, 3.63) is 24.3 Å². The summed E-state index contributed by atoms with van der Waals surface area (Å²) in [6, 6.07) is 0. The number of hydrogen-bond acceptors (Lipinski definition) is 0. The van der Waals surface area contributed by atoms with Crippen molar-refractivity contribution in [2.75, 3.05) is 0 Å². The molecule has 0 spiro atoms. The minimum absolute atomic E-state index is 0. The van der Waals surface area contributed by atoms with Gasteiger partial charge in [0.25, 0.3) is 0 Å². The highest BCUT2D eigenvalue weighted by Crippen LogP contribution is 2.52. The minimum Gasteiger partial charge on any atom is -0.0879 e. The summed E-state index contributed by atoms with van der Waals surface area (Å²) in [5, 5.41) is 0. The Bertz CT molecular complexity index is 212. The third-order valence-electron chi connectivity index (χ3n) is 3.46. The second kappa shape index (κ2) is 2.23. The maximum absolute atomic E-state index is 2.44. The second-order valence-corrected chi connectivity index (χ2v) is 3.85. The summed E-state index contributed by atoms with van der Waals surface area (Å²) < 4.78 is 0. The molecule has 3 aliphatic rings. The molecular weight excluding hydrogens is 132 g/mol. The molecule has 11 heavy (non-hydrogen) atoms. The molecule has 3 aliphatic carbocycles. The Labute approximate surface area is 69.0 Å². The quantitative estimate of drug-likeness (QED) is 0.463. The van der Waals surface area contributed by atoms with Crippen LogP contribution >= 0.6 is 0 Å². The largest absolute Gasteiger partial charge is 0.0879 e. The maximum atomic E-state index is 2.44. The zero-order chi connectivity index (χ0) is 6.55. The van der Waals surface area contributed by atoms with Gasteiger partial charge in [-0.3, -0.25) is 0 Å². The van der Waals surface area contributed by atoms with Crippen LogP contribution in [-0.4, -0.2) is 0 Å². The fourth-order valence-electron chi connectivity index (χ4n) is 2.97. The van der Waals surface area contributed by atoms with Gasteiger partial charge in [0.15, 0.2) is 0 Å². The third kappa shape index (κ3) is 0.756. The minimum atomic E-state index is 0. The van der Waals surface area contributed by atoms with E-state index in [0.717, 1.165) is 23.7 Å². The molecule has 1 fully saturated rings. The van der Waals surface area contributed by atoms with Gasteiger partial charge in [-0.15, -0.1) is 0 Å². The molecule has 1 saturated carbocycles. The molecule has 0 aromatic carbocycles. The Kier molecular flexibility index (Phi) is 1.45. The highest BCUT2D eigenvalue weighted by Gasteiger charge is 2.44. The van der Waals surface area contributed by atoms with Crippen LogP contribution in [0, 0.1) is 23.7 Å². The molecular formula is C11H16. The Morgan fingerprint density at radius 1 is 1.00 bits per heavy atom. The molecule has 0 heterocycles. The SMILES string of the molecule is C.C1=C[C@@H]2[C@H](C1)[C@@H]1C=C[C@H]2C1. The van der Waals surface area contributed by atoms with Crippen molar-refractivity contribution in [3.8, 4) is 0 Å². The van der Waals surface area contributed by atoms with E-state index >= 15 is 0 Å². The number of rotatable bonds is 0. The lowest BCUT2D eigenvalue weighted by Gasteiger charge is -2.18. The van der Waals surface area contributed by atoms with Crippen LogP contribution in [0.3, 0.4) is 0 Å². The van der Waals surface area contributed by atoms with Crippen LogP contribution in [0.5, 0.6) is 0 Å². The Morgan fingerprint density at radius 3 is 2.64 bits per heavy atom. The molecule has 0 saturated heterocycles. The summed E-state index contributed by atoms with van der Waals surface area (Å²) in [4.78, 5) is 0. The average molecular weight is 148 g/mol. The lowest BCUT2D eigenvalue weighted by Crippen LogP contribution is -2.12. The number of fused-ring (bicyclic) bond motifs is 5. The van der Waals surface area contributed by atoms with Gasteiger partial charge >= 0.3 is 0 Å². The van der Waals surface area contributed by atoms with Crippen LogP contribution in [0.1, 0.15) is 20.3 Å². The molecule has 60 valence electrons. The molecule has 0 amide bonds. The van der Waals surface area contributed by atoms with Crippen LogP contribution in [0.15, 0.2) is 24.3 Å². The lowest BCUT2D eigenvalue weighted by molar-refractivity contribution is 0.398. The van der Waals surface area contributed by atoms with Gasteiger partial charge < -0.3 is 0 Å². The van der Waals surface area contributed by atoms with Crippen LogP contribution in [0.2, 0.25) is 0 Å². The molecule has 0 unspecified atom stereocenters. The summed E-state index contributed by atoms with van der Waals surface area (Å²) in [5.41, 5.74) is 0. The van der Waals surface area contributed by atoms with Crippen molar-refractivity contribution >= 4 is 0 Å². The van der Waals surface area contributed by atoms with E-state index in [1.165, 1.54) is 12.8 Å². The van der Waals surface area contributed by atoms with Crippen molar-refractivity contribution in [1.29, 1.82) is 0 Å². The standard InChI is InChI=1S/C10H12.CH4/c1-2-9-7-4-5-8(6-7)10(9)3-1;/h1-2,4-5,7-10H,3,6H2;1H4/t7-,8+,9-,10+;/m0./s1. The predicted molar refractivity (Wildman–Crippen MR) is 48.2 cm³/mol. The van der Waals surface area contributed by atoms with Crippen molar-refractivity contribution in [2.24, 2.45) is 23.7 Å². The predicted octanol–water partition coefficient (Wildman–Crippen LogP) is 3.02. The van der Waals surface area contributed by atoms with E-state index in [0.29, 0.717) is 0 Å². The van der Waals surface area contributed by atoms with Gasteiger partial charge in [-0.05, 0) is 36.5 Å². The van der Waals surface area contributed by atoms with E-state index in [1.807, 2.05) is 0 Å². The van der Waals surface area contributed by atoms with E-state index in [1.54, 1.807) is 0 Å². The number of allylic oxidation sites excluding steroid dienone is 4. The second-order valence-electron chi connectivity index (χ2n) is 3.85. The Morgan fingerprint density at radius 2 is 1.82 bits per heavy atom. The van der Waals surface area contributed by atoms with Gasteiger partial charge in [0.1, 0.15) is 0 Å². The average Bonchev–Trinajstić information content (AvgIpc) is 2.60. The van der Waals surface area contributed by atoms with Crippen molar-refractivity contribution in [3.63, 3.8) is 0 Å². The van der Waals surface area contributed by atoms with Gasteiger partial charge in [0.2, 0.25) is 0 Å². The van der Waals surface area contributed by atoms with Crippen LogP contribution in [-0.2, 0) is 0 Å². The van der Waals surface area contributed by atoms with Crippen molar-refractivity contribution < 1.29 is 0 Å². The highest BCUT2D eigenvalue weighted by molar-refractivity contribution is 5.21. The van der Waals surface area contributed by atoms with Gasteiger partial charge in [0, 0.05) is 0 Å². The lowest BCUT2D eigenvalue weighted by atomic mass is 9.86. The fraction of sp³-hybridized carbons (Fsp3) is 0.636. The van der Waals surface area contributed by atoms with Gasteiger partial charge in [-0.2, -0.15) is 0 Å². The normalized spacial score (nSPS) is 49.5. The van der Waals surface area contributed by atoms with Crippen LogP contribution < -0.4 is 0 Å². The monoisotopic (exact) mass is 148 g/mol. The van der Waals surface area contributed by atoms with Gasteiger partial charge in [0.05, 0.1) is 0 Å². The molecule has 4 atom stereocenters. The first-order chi connectivity index (χ1) is 4.95. The van der Waals surface area contributed by atoms with E-state index in [9.17, 15) is 0 Å². The zero-order valence-electron chi connectivity index (χ0n) is 6.03. The fourth-order valence-corrected chi connectivity index (χ4v) is 2.97. The molecule has 0 heteroatoms. The van der Waals surface area contributed by atoms with E-state index in [2.05, 4.69) is 24.3 Å². The number of hydrogen-bond donors (Lipinski definition) is 0. The summed E-state index contributed by atoms with van der Waals surface area (Å²) in [6.07, 6.45) is 12.5. The topological polar surface area (TPSA) is 0 Å². The Balaban J connectivity index is 0.000000480. The maximum Gasteiger partial charge on any atom is -0.0133 e. The van der Waals surface area contributed by atoms with Crippen molar-refractivity contribution in [1.82, 2.24) is 0 Å². The molecule has 0 aliphatic heterocycles. The third-order valence-corrected chi connectivity index (χ3v) is 3.46. The van der Waals surface area contributed by atoms with Crippen LogP contribution in [0.4, 0.5) is 0 Å². The molecule has 0 nitrogen and oxygen atoms in total. The van der Waals surface area contributed by atoms with Crippen molar-refractivity contribution in [2.45, 2.75) is 20.3 Å². The zero-order valence-corrected chi connectivity index (χ0v) is 6.03. The van der Waals surface area contributed by atoms with E-state index in [4.69, 9.17) is 0 Å². The summed E-state index contributed by atoms with van der Waals surface area (Å²) in [5.74, 6) is 3.82. The molecule has 0 radical (unpaired) electrons. The van der Waals surface area contributed by atoms with E-state index < -0.39 is 0 Å². The molecule has 0 aromatic heterocycles. The smallest absolute Gasteiger partial charge is 0.0133 e. The molecule has 0 aromatic rings. The van der Waals surface area contributed by atoms with E-state index in [-0.39, 0.29) is 7.43 Å². The first kappa shape index (κ1) is 7.15. The molecule has 3 rings (SSSR count).